The second kappa shape index (κ2) is 7.51. The van der Waals surface area contributed by atoms with E-state index < -0.39 is 41.0 Å². The Morgan fingerprint density at radius 2 is 2.10 bits per heavy atom. The van der Waals surface area contributed by atoms with Gasteiger partial charge in [0, 0.05) is 6.54 Å². The van der Waals surface area contributed by atoms with Crippen LogP contribution >= 0.6 is 11.6 Å². The summed E-state index contributed by atoms with van der Waals surface area (Å²) in [7, 11) is 0. The van der Waals surface area contributed by atoms with E-state index in [0.717, 1.165) is 0 Å². The number of rotatable bonds is 6. The van der Waals surface area contributed by atoms with E-state index in [4.69, 9.17) is 21.1 Å². The summed E-state index contributed by atoms with van der Waals surface area (Å²) in [6.45, 7) is 3.35. The molecule has 30 heavy (non-hydrogen) atoms. The van der Waals surface area contributed by atoms with Crippen LogP contribution in [0.4, 0.5) is 5.69 Å². The monoisotopic (exact) mass is 436 g/mol. The summed E-state index contributed by atoms with van der Waals surface area (Å²) in [5.74, 6) is -2.94. The van der Waals surface area contributed by atoms with Gasteiger partial charge in [0.2, 0.25) is 11.8 Å². The molecule has 3 heterocycles. The number of hydrogen-bond acceptors (Lipinski definition) is 6. The first-order chi connectivity index (χ1) is 14.3. The van der Waals surface area contributed by atoms with Crippen LogP contribution in [0.15, 0.2) is 24.3 Å². The third-order valence-corrected chi connectivity index (χ3v) is 6.87. The number of benzene rings is 1. The summed E-state index contributed by atoms with van der Waals surface area (Å²) in [5, 5.41) is 12.7. The van der Waals surface area contributed by atoms with Crippen molar-refractivity contribution >= 4 is 35.1 Å². The van der Waals surface area contributed by atoms with Gasteiger partial charge in [0.15, 0.2) is 0 Å². The lowest BCUT2D eigenvalue weighted by Gasteiger charge is -2.33. The number of amides is 2. The first-order valence-corrected chi connectivity index (χ1v) is 10.5. The van der Waals surface area contributed by atoms with Gasteiger partial charge >= 0.3 is 5.97 Å². The molecule has 1 aromatic carbocycles. The highest BCUT2D eigenvalue weighted by Gasteiger charge is 2.78. The molecular formula is C21H25ClN2O6. The molecule has 0 aromatic heterocycles. The number of ether oxygens (including phenoxy) is 2. The third kappa shape index (κ3) is 2.92. The van der Waals surface area contributed by atoms with Gasteiger partial charge in [-0.1, -0.05) is 23.7 Å². The Bertz CT molecular complexity index is 894. The van der Waals surface area contributed by atoms with Crippen molar-refractivity contribution in [1.82, 2.24) is 4.90 Å². The number of anilines is 1. The average Bonchev–Trinajstić information content (AvgIpc) is 3.25. The number of likely N-dealkylation sites (tertiary alicyclic amines) is 1. The smallest absolute Gasteiger partial charge is 0.312 e. The summed E-state index contributed by atoms with van der Waals surface area (Å²) in [5.41, 5.74) is -1.61. The predicted octanol–water partition coefficient (Wildman–Crippen LogP) is 1.60. The topological polar surface area (TPSA) is 105 Å². The molecule has 0 radical (unpaired) electrons. The molecule has 3 fully saturated rings. The fourth-order valence-electron chi connectivity index (χ4n) is 5.43. The minimum absolute atomic E-state index is 0.0344. The lowest BCUT2D eigenvalue weighted by Crippen LogP contribution is -2.53. The van der Waals surface area contributed by atoms with Crippen LogP contribution in [-0.2, 0) is 23.9 Å². The Balaban J connectivity index is 1.73. The lowest BCUT2D eigenvalue weighted by molar-refractivity contribution is -0.159. The van der Waals surface area contributed by atoms with Crippen molar-refractivity contribution < 1.29 is 29.0 Å². The number of carbonyl (C=O) groups is 3. The second-order valence-electron chi connectivity index (χ2n) is 8.20. The van der Waals surface area contributed by atoms with Gasteiger partial charge in [0.05, 0.1) is 35.4 Å². The molecule has 4 rings (SSSR count). The van der Waals surface area contributed by atoms with E-state index in [9.17, 15) is 19.5 Å². The number of halogens is 1. The number of nitrogens with zero attached hydrogens (tertiary/aromatic N) is 1. The zero-order valence-corrected chi connectivity index (χ0v) is 17.6. The van der Waals surface area contributed by atoms with E-state index >= 15 is 0 Å². The fraction of sp³-hybridized carbons (Fsp3) is 0.571. The maximum atomic E-state index is 13.4. The molecule has 0 aliphatic carbocycles. The summed E-state index contributed by atoms with van der Waals surface area (Å²) < 4.78 is 11.6. The molecule has 5 atom stereocenters. The largest absolute Gasteiger partial charge is 0.466 e. The van der Waals surface area contributed by atoms with Gasteiger partial charge in [-0.15, -0.1) is 0 Å². The lowest BCUT2D eigenvalue weighted by atomic mass is 9.66. The van der Waals surface area contributed by atoms with Gasteiger partial charge < -0.3 is 24.8 Å². The number of para-hydroxylation sites is 1. The number of esters is 1. The normalized spacial score (nSPS) is 34.2. The van der Waals surface area contributed by atoms with Gasteiger partial charge in [0.1, 0.15) is 17.6 Å². The minimum Gasteiger partial charge on any atom is -0.466 e. The predicted molar refractivity (Wildman–Crippen MR) is 108 cm³/mol. The SMILES string of the molecule is CCOC(=O)[C@H]1[C@H]2C(=O)N(CCO)C(C(=O)Nc3ccccc3Cl)C23CC[C@]1(C)O3. The second-order valence-corrected chi connectivity index (χ2v) is 8.61. The Kier molecular flexibility index (Phi) is 5.28. The highest BCUT2D eigenvalue weighted by atomic mass is 35.5. The molecule has 2 bridgehead atoms. The zero-order chi connectivity index (χ0) is 21.7. The molecule has 2 N–H and O–H groups in total. The third-order valence-electron chi connectivity index (χ3n) is 6.54. The number of aliphatic hydroxyl groups excluding tert-OH is 1. The Hall–Kier alpha value is -2.16. The summed E-state index contributed by atoms with van der Waals surface area (Å²) in [6.07, 6.45) is 0.988. The molecular weight excluding hydrogens is 412 g/mol. The van der Waals surface area contributed by atoms with Crippen LogP contribution in [0.5, 0.6) is 0 Å². The van der Waals surface area contributed by atoms with Crippen LogP contribution in [0, 0.1) is 11.8 Å². The molecule has 3 saturated heterocycles. The summed E-state index contributed by atoms with van der Waals surface area (Å²) in [4.78, 5) is 40.9. The van der Waals surface area contributed by atoms with Gasteiger partial charge in [-0.3, -0.25) is 14.4 Å². The van der Waals surface area contributed by atoms with Crippen molar-refractivity contribution in [2.45, 2.75) is 43.9 Å². The maximum Gasteiger partial charge on any atom is 0.312 e. The summed E-state index contributed by atoms with van der Waals surface area (Å²) >= 11 is 6.18. The first kappa shape index (κ1) is 21.1. The number of carbonyl (C=O) groups excluding carboxylic acids is 3. The Morgan fingerprint density at radius 3 is 2.77 bits per heavy atom. The molecule has 3 aliphatic rings. The highest BCUT2D eigenvalue weighted by molar-refractivity contribution is 6.33. The van der Waals surface area contributed by atoms with E-state index in [1.807, 2.05) is 0 Å². The molecule has 2 amide bonds. The first-order valence-electron chi connectivity index (χ1n) is 10.1. The number of nitrogens with one attached hydrogen (secondary N) is 1. The van der Waals surface area contributed by atoms with Gasteiger partial charge in [-0.25, -0.2) is 0 Å². The molecule has 3 aliphatic heterocycles. The number of β-amino-alcohol motifs (C(OH)–C–C–N with tert-alkyl or cyclic N) is 1. The van der Waals surface area contributed by atoms with Crippen LogP contribution in [0.1, 0.15) is 26.7 Å². The molecule has 0 saturated carbocycles. The van der Waals surface area contributed by atoms with Crippen molar-refractivity contribution in [2.24, 2.45) is 11.8 Å². The van der Waals surface area contributed by atoms with Crippen LogP contribution < -0.4 is 5.32 Å². The van der Waals surface area contributed by atoms with Crippen LogP contribution in [0.25, 0.3) is 0 Å². The fourth-order valence-corrected chi connectivity index (χ4v) is 5.61. The van der Waals surface area contributed by atoms with Crippen molar-refractivity contribution in [3.63, 3.8) is 0 Å². The van der Waals surface area contributed by atoms with Gasteiger partial charge in [-0.05, 0) is 38.8 Å². The van der Waals surface area contributed by atoms with Crippen molar-refractivity contribution in [1.29, 1.82) is 0 Å². The van der Waals surface area contributed by atoms with E-state index in [2.05, 4.69) is 5.32 Å². The van der Waals surface area contributed by atoms with E-state index in [0.29, 0.717) is 23.6 Å². The van der Waals surface area contributed by atoms with Gasteiger partial charge in [-0.2, -0.15) is 0 Å². The minimum atomic E-state index is -1.15. The van der Waals surface area contributed by atoms with E-state index in [-0.39, 0.29) is 25.7 Å². The standard InChI is InChI=1S/C21H25ClN2O6/c1-3-29-19(28)15-14-18(27)24(10-11-25)16(21(14)9-8-20(15,2)30-21)17(26)23-13-7-5-4-6-12(13)22/h4-7,14-16,25H,3,8-11H2,1-2H3,(H,23,26)/t14-,15+,16?,20-,21?/m0/s1. The number of aliphatic hydroxyl groups is 1. The molecule has 1 spiro atoms. The number of fused-ring (bicyclic) bond motifs is 1. The molecule has 8 nitrogen and oxygen atoms in total. The van der Waals surface area contributed by atoms with Crippen molar-refractivity contribution in [3.05, 3.63) is 29.3 Å². The molecule has 1 aromatic rings. The van der Waals surface area contributed by atoms with E-state index in [1.54, 1.807) is 38.1 Å². The Labute approximate surface area is 179 Å². The van der Waals surface area contributed by atoms with E-state index in [1.165, 1.54) is 4.90 Å². The average molecular weight is 437 g/mol. The van der Waals surface area contributed by atoms with Gasteiger partial charge in [0.25, 0.3) is 0 Å². The number of hydrogen-bond donors (Lipinski definition) is 2. The molecule has 2 unspecified atom stereocenters. The van der Waals surface area contributed by atoms with Crippen LogP contribution in [0.2, 0.25) is 5.02 Å². The van der Waals surface area contributed by atoms with Crippen molar-refractivity contribution in [3.8, 4) is 0 Å². The zero-order valence-electron chi connectivity index (χ0n) is 16.9. The molecule has 9 heteroatoms. The molecule has 162 valence electrons. The summed E-state index contributed by atoms with van der Waals surface area (Å²) in [6, 6.07) is 5.82. The highest BCUT2D eigenvalue weighted by Crippen LogP contribution is 2.63. The van der Waals surface area contributed by atoms with Crippen LogP contribution in [-0.4, -0.2) is 64.8 Å². The quantitative estimate of drug-likeness (QED) is 0.656. The maximum absolute atomic E-state index is 13.4. The van der Waals surface area contributed by atoms with Crippen molar-refractivity contribution in [2.75, 3.05) is 25.1 Å². The van der Waals surface area contributed by atoms with Crippen LogP contribution in [0.3, 0.4) is 0 Å². The Morgan fingerprint density at radius 1 is 1.37 bits per heavy atom.